The summed E-state index contributed by atoms with van der Waals surface area (Å²) >= 11 is 1.90. The Kier molecular flexibility index (Phi) is 4.49. The summed E-state index contributed by atoms with van der Waals surface area (Å²) in [7, 11) is 0. The van der Waals surface area contributed by atoms with Crippen LogP contribution >= 0.6 is 11.3 Å². The molecule has 172 valence electrons. The molecule has 0 aliphatic heterocycles. The van der Waals surface area contributed by atoms with Crippen molar-refractivity contribution >= 4 is 63.8 Å². The molecule has 0 aliphatic rings. The molecule has 0 bridgehead atoms. The van der Waals surface area contributed by atoms with E-state index in [9.17, 15) is 0 Å². The standard InChI is InChI=1S/C36H22S/c1-2-11-23(12-3-1)34-27-14-4-6-16-29(27)35(30-17-7-5-15-28(30)34)26-18-10-19-31-24(26)21-22-32-25-13-8-9-20-33(25)37-36(31)32/h1-22H. The molecule has 1 aromatic heterocycles. The van der Waals surface area contributed by atoms with E-state index >= 15 is 0 Å². The zero-order valence-electron chi connectivity index (χ0n) is 20.1. The highest BCUT2D eigenvalue weighted by molar-refractivity contribution is 7.26. The van der Waals surface area contributed by atoms with Crippen molar-refractivity contribution in [1.29, 1.82) is 0 Å². The molecule has 0 saturated heterocycles. The lowest BCUT2D eigenvalue weighted by Gasteiger charge is -2.18. The Morgan fingerprint density at radius 1 is 0.324 bits per heavy atom. The van der Waals surface area contributed by atoms with Crippen LogP contribution in [0, 0.1) is 0 Å². The van der Waals surface area contributed by atoms with Crippen LogP contribution in [0.2, 0.25) is 0 Å². The smallest absolute Gasteiger partial charge is 0.0434 e. The van der Waals surface area contributed by atoms with Crippen LogP contribution in [0.4, 0.5) is 0 Å². The van der Waals surface area contributed by atoms with Crippen molar-refractivity contribution in [1.82, 2.24) is 0 Å². The predicted molar refractivity (Wildman–Crippen MR) is 163 cm³/mol. The van der Waals surface area contributed by atoms with Crippen LogP contribution in [0.5, 0.6) is 0 Å². The predicted octanol–water partition coefficient (Wildman–Crippen LogP) is 10.8. The lowest BCUT2D eigenvalue weighted by Crippen LogP contribution is -1.91. The second-order valence-corrected chi connectivity index (χ2v) is 10.7. The summed E-state index contributed by atoms with van der Waals surface area (Å²) in [5.74, 6) is 0. The average Bonchev–Trinajstić information content (AvgIpc) is 3.35. The molecule has 0 N–H and O–H groups in total. The Morgan fingerprint density at radius 2 is 0.838 bits per heavy atom. The monoisotopic (exact) mass is 486 g/mol. The first-order valence-corrected chi connectivity index (χ1v) is 13.5. The van der Waals surface area contributed by atoms with E-state index < -0.39 is 0 Å². The molecule has 1 heterocycles. The molecule has 8 rings (SSSR count). The maximum Gasteiger partial charge on any atom is 0.0434 e. The Bertz CT molecular complexity index is 2070. The van der Waals surface area contributed by atoms with Gasteiger partial charge >= 0.3 is 0 Å². The first-order chi connectivity index (χ1) is 18.4. The van der Waals surface area contributed by atoms with Gasteiger partial charge in [-0.3, -0.25) is 0 Å². The van der Waals surface area contributed by atoms with Gasteiger partial charge in [0.2, 0.25) is 0 Å². The molecule has 0 saturated carbocycles. The van der Waals surface area contributed by atoms with Gasteiger partial charge in [-0.25, -0.2) is 0 Å². The molecule has 8 aromatic rings. The number of hydrogen-bond donors (Lipinski definition) is 0. The third-order valence-electron chi connectivity index (χ3n) is 7.66. The number of benzene rings is 7. The first kappa shape index (κ1) is 20.7. The van der Waals surface area contributed by atoms with Gasteiger partial charge in [0.05, 0.1) is 0 Å². The molecule has 37 heavy (non-hydrogen) atoms. The van der Waals surface area contributed by atoms with Gasteiger partial charge in [-0.15, -0.1) is 11.3 Å². The molecule has 0 unspecified atom stereocenters. The number of fused-ring (bicyclic) bond motifs is 7. The second-order valence-electron chi connectivity index (χ2n) is 9.65. The van der Waals surface area contributed by atoms with Crippen LogP contribution in [-0.4, -0.2) is 0 Å². The van der Waals surface area contributed by atoms with Gasteiger partial charge in [-0.1, -0.05) is 127 Å². The molecular weight excluding hydrogens is 464 g/mol. The van der Waals surface area contributed by atoms with Crippen LogP contribution in [0.15, 0.2) is 133 Å². The topological polar surface area (TPSA) is 0 Å². The Morgan fingerprint density at radius 3 is 1.54 bits per heavy atom. The van der Waals surface area contributed by atoms with Crippen LogP contribution in [0.3, 0.4) is 0 Å². The molecule has 0 atom stereocenters. The van der Waals surface area contributed by atoms with Crippen molar-refractivity contribution in [2.45, 2.75) is 0 Å². The molecule has 7 aromatic carbocycles. The maximum atomic E-state index is 2.33. The minimum Gasteiger partial charge on any atom is -0.135 e. The fraction of sp³-hybridized carbons (Fsp3) is 0. The fourth-order valence-electron chi connectivity index (χ4n) is 6.09. The summed E-state index contributed by atoms with van der Waals surface area (Å²) in [6, 6.07) is 48.9. The van der Waals surface area contributed by atoms with E-state index in [1.54, 1.807) is 0 Å². The van der Waals surface area contributed by atoms with Gasteiger partial charge in [0.15, 0.2) is 0 Å². The minimum atomic E-state index is 1.26. The van der Waals surface area contributed by atoms with Crippen molar-refractivity contribution in [3.05, 3.63) is 133 Å². The van der Waals surface area contributed by atoms with Crippen molar-refractivity contribution in [2.24, 2.45) is 0 Å². The second kappa shape index (κ2) is 8.03. The number of thiophene rings is 1. The first-order valence-electron chi connectivity index (χ1n) is 12.7. The summed E-state index contributed by atoms with van der Waals surface area (Å²) in [4.78, 5) is 0. The van der Waals surface area contributed by atoms with Gasteiger partial charge in [0.25, 0.3) is 0 Å². The Hall–Kier alpha value is -4.46. The van der Waals surface area contributed by atoms with Crippen LogP contribution in [0.25, 0.3) is 74.7 Å². The molecule has 0 aliphatic carbocycles. The summed E-state index contributed by atoms with van der Waals surface area (Å²) in [5, 5.41) is 10.5. The maximum absolute atomic E-state index is 2.33. The van der Waals surface area contributed by atoms with Gasteiger partial charge in [0.1, 0.15) is 0 Å². The largest absolute Gasteiger partial charge is 0.135 e. The molecule has 0 amide bonds. The molecular formula is C36H22S. The van der Waals surface area contributed by atoms with Gasteiger partial charge in [-0.2, -0.15) is 0 Å². The molecule has 0 fully saturated rings. The molecule has 0 radical (unpaired) electrons. The minimum absolute atomic E-state index is 1.26. The molecule has 0 nitrogen and oxygen atoms in total. The zero-order valence-corrected chi connectivity index (χ0v) is 20.9. The van der Waals surface area contributed by atoms with E-state index in [2.05, 4.69) is 133 Å². The van der Waals surface area contributed by atoms with Crippen LogP contribution in [-0.2, 0) is 0 Å². The number of hydrogen-bond acceptors (Lipinski definition) is 1. The Labute approximate surface area is 219 Å². The summed E-state index contributed by atoms with van der Waals surface area (Å²) in [5.41, 5.74) is 5.18. The summed E-state index contributed by atoms with van der Waals surface area (Å²) in [6.45, 7) is 0. The highest BCUT2D eigenvalue weighted by atomic mass is 32.1. The van der Waals surface area contributed by atoms with Gasteiger partial charge < -0.3 is 0 Å². The Balaban J connectivity index is 1.54. The van der Waals surface area contributed by atoms with E-state index in [1.165, 1.54) is 74.7 Å². The SMILES string of the molecule is c1ccc(-c2c3ccccc3c(-c3cccc4c3ccc3c5ccccc5sc43)c3ccccc23)cc1. The van der Waals surface area contributed by atoms with Gasteiger partial charge in [-0.05, 0) is 55.3 Å². The van der Waals surface area contributed by atoms with Gasteiger partial charge in [0, 0.05) is 25.6 Å². The molecule has 1 heteroatoms. The third kappa shape index (κ3) is 3.02. The third-order valence-corrected chi connectivity index (χ3v) is 8.88. The van der Waals surface area contributed by atoms with E-state index in [1.807, 2.05) is 11.3 Å². The summed E-state index contributed by atoms with van der Waals surface area (Å²) < 4.78 is 2.72. The van der Waals surface area contributed by atoms with Crippen molar-refractivity contribution in [3.8, 4) is 22.3 Å². The van der Waals surface area contributed by atoms with E-state index in [0.29, 0.717) is 0 Å². The normalized spacial score (nSPS) is 11.8. The lowest BCUT2D eigenvalue weighted by molar-refractivity contribution is 1.66. The quantitative estimate of drug-likeness (QED) is 0.213. The van der Waals surface area contributed by atoms with Crippen molar-refractivity contribution in [2.75, 3.05) is 0 Å². The van der Waals surface area contributed by atoms with E-state index in [0.717, 1.165) is 0 Å². The summed E-state index contributed by atoms with van der Waals surface area (Å²) in [6.07, 6.45) is 0. The molecule has 0 spiro atoms. The highest BCUT2D eigenvalue weighted by Gasteiger charge is 2.18. The number of rotatable bonds is 2. The van der Waals surface area contributed by atoms with Crippen molar-refractivity contribution < 1.29 is 0 Å². The van der Waals surface area contributed by atoms with Crippen molar-refractivity contribution in [3.63, 3.8) is 0 Å². The van der Waals surface area contributed by atoms with Crippen LogP contribution < -0.4 is 0 Å². The van der Waals surface area contributed by atoms with Crippen LogP contribution in [0.1, 0.15) is 0 Å². The average molecular weight is 487 g/mol. The van der Waals surface area contributed by atoms with E-state index in [4.69, 9.17) is 0 Å². The van der Waals surface area contributed by atoms with E-state index in [-0.39, 0.29) is 0 Å². The highest BCUT2D eigenvalue weighted by Crippen LogP contribution is 2.47. The lowest BCUT2D eigenvalue weighted by atomic mass is 9.84. The zero-order chi connectivity index (χ0) is 24.3. The fourth-order valence-corrected chi connectivity index (χ4v) is 7.32.